The van der Waals surface area contributed by atoms with Gasteiger partial charge < -0.3 is 19.7 Å². The number of para-hydroxylation sites is 2. The van der Waals surface area contributed by atoms with E-state index in [1.165, 1.54) is 6.92 Å². The Labute approximate surface area is 205 Å². The van der Waals surface area contributed by atoms with Crippen LogP contribution in [0.25, 0.3) is 0 Å². The van der Waals surface area contributed by atoms with Crippen LogP contribution in [0.4, 0.5) is 5.69 Å². The summed E-state index contributed by atoms with van der Waals surface area (Å²) in [6.07, 6.45) is 2.25. The molecule has 0 saturated carbocycles. The smallest absolute Gasteiger partial charge is 0.311 e. The first-order chi connectivity index (χ1) is 16.9. The van der Waals surface area contributed by atoms with E-state index in [1.807, 2.05) is 25.1 Å². The second-order valence-corrected chi connectivity index (χ2v) is 8.53. The zero-order valence-electron chi connectivity index (χ0n) is 20.4. The number of rotatable bonds is 10. The van der Waals surface area contributed by atoms with Crippen LogP contribution in [0.1, 0.15) is 61.5 Å². The molecule has 0 aromatic heterocycles. The van der Waals surface area contributed by atoms with Gasteiger partial charge in [-0.3, -0.25) is 19.2 Å². The van der Waals surface area contributed by atoms with Crippen molar-refractivity contribution in [2.45, 2.75) is 45.6 Å². The monoisotopic (exact) mass is 480 g/mol. The van der Waals surface area contributed by atoms with Gasteiger partial charge >= 0.3 is 5.97 Å². The fraction of sp³-hybridized carbons (Fsp3) is 0.407. The van der Waals surface area contributed by atoms with Crippen molar-refractivity contribution in [3.05, 3.63) is 59.7 Å². The summed E-state index contributed by atoms with van der Waals surface area (Å²) in [6.45, 7) is 3.48. The Bertz CT molecular complexity index is 1080. The molecule has 0 bridgehead atoms. The zero-order chi connectivity index (χ0) is 25.4. The van der Waals surface area contributed by atoms with Crippen molar-refractivity contribution in [3.8, 4) is 5.75 Å². The number of ether oxygens (including phenoxy) is 2. The molecule has 0 spiro atoms. The molecule has 1 aliphatic heterocycles. The van der Waals surface area contributed by atoms with E-state index in [4.69, 9.17) is 9.47 Å². The summed E-state index contributed by atoms with van der Waals surface area (Å²) in [6, 6.07) is 13.4. The van der Waals surface area contributed by atoms with Gasteiger partial charge in [0.2, 0.25) is 5.91 Å². The number of hydrogen-bond acceptors (Lipinski definition) is 6. The number of piperidine rings is 1. The number of nitrogens with zero attached hydrogens (tertiary/aromatic N) is 1. The maximum atomic E-state index is 13.2. The van der Waals surface area contributed by atoms with Crippen LogP contribution in [0.2, 0.25) is 0 Å². The zero-order valence-corrected chi connectivity index (χ0v) is 20.4. The normalized spacial score (nSPS) is 17.6. The maximum absolute atomic E-state index is 13.2. The number of amides is 2. The average Bonchev–Trinajstić information content (AvgIpc) is 2.86. The predicted octanol–water partition coefficient (Wildman–Crippen LogP) is 4.16. The largest absolute Gasteiger partial charge is 0.496 e. The first-order valence-electron chi connectivity index (χ1n) is 11.9. The Hall–Kier alpha value is -3.68. The molecule has 2 aromatic carbocycles. The lowest BCUT2D eigenvalue weighted by atomic mass is 9.83. The average molecular weight is 481 g/mol. The number of carbonyl (C=O) groups excluding carboxylic acids is 4. The summed E-state index contributed by atoms with van der Waals surface area (Å²) in [5.41, 5.74) is 1.48. The molecule has 35 heavy (non-hydrogen) atoms. The Balaban J connectivity index is 1.78. The third kappa shape index (κ3) is 6.26. The first kappa shape index (κ1) is 25.9. The van der Waals surface area contributed by atoms with Gasteiger partial charge in [-0.1, -0.05) is 43.7 Å². The fourth-order valence-electron chi connectivity index (χ4n) is 4.42. The van der Waals surface area contributed by atoms with Crippen LogP contribution in [0.5, 0.6) is 5.75 Å². The number of carbonyl (C=O) groups is 4. The molecule has 1 heterocycles. The highest BCUT2D eigenvalue weighted by atomic mass is 16.5. The molecule has 2 unspecified atom stereocenters. The van der Waals surface area contributed by atoms with E-state index in [0.29, 0.717) is 30.0 Å². The van der Waals surface area contributed by atoms with Crippen molar-refractivity contribution >= 4 is 29.3 Å². The van der Waals surface area contributed by atoms with Crippen LogP contribution in [-0.4, -0.2) is 48.7 Å². The number of methoxy groups -OCH3 is 1. The van der Waals surface area contributed by atoms with E-state index in [2.05, 4.69) is 5.32 Å². The number of Topliss-reactive ketones (excluding diaryl/α,β-unsaturated/α-hetero) is 1. The first-order valence-corrected chi connectivity index (χ1v) is 11.9. The summed E-state index contributed by atoms with van der Waals surface area (Å²) in [7, 11) is 1.55. The molecule has 1 aliphatic rings. The van der Waals surface area contributed by atoms with Crippen LogP contribution in [0, 0.1) is 5.92 Å². The van der Waals surface area contributed by atoms with Crippen LogP contribution in [0.15, 0.2) is 48.5 Å². The van der Waals surface area contributed by atoms with Crippen LogP contribution >= 0.6 is 0 Å². The molecule has 3 rings (SSSR count). The molecule has 2 aromatic rings. The van der Waals surface area contributed by atoms with Gasteiger partial charge in [0.05, 0.1) is 24.8 Å². The molecule has 0 radical (unpaired) electrons. The Kier molecular flexibility index (Phi) is 9.00. The number of esters is 1. The molecule has 2 atom stereocenters. The molecule has 2 amide bonds. The lowest BCUT2D eigenvalue weighted by Crippen LogP contribution is -2.46. The number of unbranched alkanes of at least 4 members (excludes halogenated alkanes) is 1. The minimum atomic E-state index is -0.641. The van der Waals surface area contributed by atoms with Gasteiger partial charge in [-0.25, -0.2) is 0 Å². The fourth-order valence-corrected chi connectivity index (χ4v) is 4.42. The van der Waals surface area contributed by atoms with Gasteiger partial charge in [0, 0.05) is 24.1 Å². The van der Waals surface area contributed by atoms with Crippen molar-refractivity contribution in [1.29, 1.82) is 0 Å². The molecule has 1 saturated heterocycles. The third-order valence-electron chi connectivity index (χ3n) is 6.15. The van der Waals surface area contributed by atoms with E-state index in [-0.39, 0.29) is 18.1 Å². The number of likely N-dealkylation sites (tertiary alicyclic amines) is 1. The lowest BCUT2D eigenvalue weighted by Gasteiger charge is -2.40. The van der Waals surface area contributed by atoms with E-state index < -0.39 is 30.4 Å². The third-order valence-corrected chi connectivity index (χ3v) is 6.15. The molecule has 1 N–H and O–H groups in total. The van der Waals surface area contributed by atoms with Crippen molar-refractivity contribution in [2.75, 3.05) is 25.6 Å². The van der Waals surface area contributed by atoms with Gasteiger partial charge in [0.1, 0.15) is 5.75 Å². The standard InChI is InChI=1S/C27H32N2O6/c1-4-5-16-29-25(32)15-14-21(26(29)20-11-7-9-13-23(20)34-3)27(33)35-17-24(31)28-22-12-8-6-10-19(22)18(2)30/h6-13,21,26H,4-5,14-17H2,1-3H3,(H,28,31). The number of benzene rings is 2. The number of nitrogens with one attached hydrogen (secondary N) is 1. The highest BCUT2D eigenvalue weighted by Gasteiger charge is 2.42. The Morgan fingerprint density at radius 3 is 2.51 bits per heavy atom. The lowest BCUT2D eigenvalue weighted by molar-refractivity contribution is -0.159. The van der Waals surface area contributed by atoms with E-state index in [0.717, 1.165) is 18.4 Å². The highest BCUT2D eigenvalue weighted by molar-refractivity contribution is 6.04. The van der Waals surface area contributed by atoms with Crippen molar-refractivity contribution in [3.63, 3.8) is 0 Å². The van der Waals surface area contributed by atoms with Crippen molar-refractivity contribution in [1.82, 2.24) is 4.90 Å². The van der Waals surface area contributed by atoms with Gasteiger partial charge in [-0.2, -0.15) is 0 Å². The summed E-state index contributed by atoms with van der Waals surface area (Å²) in [5, 5.41) is 2.63. The Morgan fingerprint density at radius 2 is 1.80 bits per heavy atom. The predicted molar refractivity (Wildman–Crippen MR) is 131 cm³/mol. The second kappa shape index (κ2) is 12.1. The summed E-state index contributed by atoms with van der Waals surface area (Å²) in [4.78, 5) is 52.1. The summed E-state index contributed by atoms with van der Waals surface area (Å²) < 4.78 is 10.9. The summed E-state index contributed by atoms with van der Waals surface area (Å²) >= 11 is 0. The molecule has 1 fully saturated rings. The summed E-state index contributed by atoms with van der Waals surface area (Å²) in [5.74, 6) is -1.35. The molecule has 0 aliphatic carbocycles. The van der Waals surface area contributed by atoms with E-state index in [9.17, 15) is 19.2 Å². The molecular formula is C27H32N2O6. The van der Waals surface area contributed by atoms with Gasteiger partial charge in [-0.05, 0) is 38.0 Å². The second-order valence-electron chi connectivity index (χ2n) is 8.53. The maximum Gasteiger partial charge on any atom is 0.311 e. The topological polar surface area (TPSA) is 102 Å². The van der Waals surface area contributed by atoms with Crippen molar-refractivity contribution < 1.29 is 28.7 Å². The molecule has 8 heteroatoms. The molecular weight excluding hydrogens is 448 g/mol. The SMILES string of the molecule is CCCCN1C(=O)CCC(C(=O)OCC(=O)Nc2ccccc2C(C)=O)C1c1ccccc1OC. The van der Waals surface area contributed by atoms with Gasteiger partial charge in [0.15, 0.2) is 12.4 Å². The van der Waals surface area contributed by atoms with E-state index >= 15 is 0 Å². The van der Waals surface area contributed by atoms with Gasteiger partial charge in [-0.15, -0.1) is 0 Å². The molecule has 8 nitrogen and oxygen atoms in total. The Morgan fingerprint density at radius 1 is 1.09 bits per heavy atom. The van der Waals surface area contributed by atoms with Crippen LogP contribution in [-0.2, 0) is 19.1 Å². The minimum Gasteiger partial charge on any atom is -0.496 e. The number of hydrogen-bond donors (Lipinski definition) is 1. The number of ketones is 1. The minimum absolute atomic E-state index is 0.0167. The number of anilines is 1. The van der Waals surface area contributed by atoms with Gasteiger partial charge in [0.25, 0.3) is 5.91 Å². The van der Waals surface area contributed by atoms with Crippen LogP contribution < -0.4 is 10.1 Å². The van der Waals surface area contributed by atoms with Crippen molar-refractivity contribution in [2.24, 2.45) is 5.92 Å². The quantitative estimate of drug-likeness (QED) is 0.405. The van der Waals surface area contributed by atoms with Crippen LogP contribution in [0.3, 0.4) is 0 Å². The van der Waals surface area contributed by atoms with E-state index in [1.54, 1.807) is 42.3 Å². The highest BCUT2D eigenvalue weighted by Crippen LogP contribution is 2.41. The molecule has 186 valence electrons.